The quantitative estimate of drug-likeness (QED) is 0.116. The molecule has 0 amide bonds. The summed E-state index contributed by atoms with van der Waals surface area (Å²) >= 11 is 1.67. The summed E-state index contributed by atoms with van der Waals surface area (Å²) in [7, 11) is -1.17. The number of hydrogen-bond acceptors (Lipinski definition) is 5. The van der Waals surface area contributed by atoms with E-state index in [1.807, 2.05) is 0 Å². The Hall–Kier alpha value is 0.380. The smallest absolute Gasteiger partial charge is 0.381 e. The number of ether oxygens (including phenoxy) is 2. The van der Waals surface area contributed by atoms with E-state index in [0.29, 0.717) is 5.75 Å². The number of unbranched alkanes of at least 4 members (excludes halogenated alkanes) is 13. The van der Waals surface area contributed by atoms with E-state index in [0.717, 1.165) is 12.2 Å². The van der Waals surface area contributed by atoms with Crippen LogP contribution in [-0.4, -0.2) is 54.3 Å². The molecule has 0 aromatic carbocycles. The van der Waals surface area contributed by atoms with Crippen molar-refractivity contribution in [3.05, 3.63) is 0 Å². The lowest BCUT2D eigenvalue weighted by Gasteiger charge is -2.18. The summed E-state index contributed by atoms with van der Waals surface area (Å²) < 4.78 is 26.1. The van der Waals surface area contributed by atoms with E-state index in [-0.39, 0.29) is 18.8 Å². The van der Waals surface area contributed by atoms with Crippen LogP contribution >= 0.6 is 19.6 Å². The number of thioether (sulfide) groups is 1. The lowest BCUT2D eigenvalue weighted by molar-refractivity contribution is 0.0602. The zero-order valence-corrected chi connectivity index (χ0v) is 22.0. The fraction of sp³-hybridized carbons (Fsp3) is 1.00. The minimum Gasteiger partial charge on any atom is -0.381 e. The molecule has 2 unspecified atom stereocenters. The highest BCUT2D eigenvalue weighted by Crippen LogP contribution is 2.36. The van der Waals surface area contributed by atoms with Crippen molar-refractivity contribution in [1.82, 2.24) is 0 Å². The average molecular weight is 485 g/mol. The van der Waals surface area contributed by atoms with E-state index in [1.54, 1.807) is 18.9 Å². The van der Waals surface area contributed by atoms with Gasteiger partial charge in [-0.15, -0.1) is 0 Å². The second-order valence-electron chi connectivity index (χ2n) is 8.42. The Morgan fingerprint density at radius 2 is 1.13 bits per heavy atom. The molecule has 6 nitrogen and oxygen atoms in total. The molecule has 0 rings (SSSR count). The third kappa shape index (κ3) is 23.3. The van der Waals surface area contributed by atoms with Crippen molar-refractivity contribution in [2.45, 2.75) is 115 Å². The maximum absolute atomic E-state index is 10.8. The Morgan fingerprint density at radius 3 is 1.55 bits per heavy atom. The van der Waals surface area contributed by atoms with Crippen LogP contribution in [0.4, 0.5) is 0 Å². The summed E-state index contributed by atoms with van der Waals surface area (Å²) in [6.45, 7) is 2.16. The molecule has 0 aromatic rings. The van der Waals surface area contributed by atoms with E-state index in [9.17, 15) is 4.57 Å². The highest BCUT2D eigenvalue weighted by Gasteiger charge is 2.18. The molecular weight excluding hydrogens is 435 g/mol. The van der Waals surface area contributed by atoms with Gasteiger partial charge in [-0.3, -0.25) is 4.52 Å². The predicted octanol–water partition coefficient (Wildman–Crippen LogP) is 6.73. The molecule has 0 spiro atoms. The standard InChI is InChI=1S/C23H49O6PS/c1-4-5-6-7-8-9-10-11-12-13-14-15-16-17-18-22(27-2)20-31-21-23(28-3)19-29-30(24,25)26/h22-23H,4-21H2,1-3H3,(H2,24,25,26). The molecule has 31 heavy (non-hydrogen) atoms. The first kappa shape index (κ1) is 31.4. The molecule has 0 bridgehead atoms. The van der Waals surface area contributed by atoms with E-state index < -0.39 is 7.82 Å². The minimum absolute atomic E-state index is 0.107. The van der Waals surface area contributed by atoms with Crippen LogP contribution in [0.15, 0.2) is 0 Å². The van der Waals surface area contributed by atoms with E-state index in [2.05, 4.69) is 11.4 Å². The topological polar surface area (TPSA) is 85.2 Å². The maximum atomic E-state index is 10.8. The average Bonchev–Trinajstić information content (AvgIpc) is 2.74. The van der Waals surface area contributed by atoms with Gasteiger partial charge in [0, 0.05) is 25.7 Å². The SMILES string of the molecule is CCCCCCCCCCCCCCCCC(CSCC(COP(=O)(O)O)OC)OC. The molecular formula is C23H49O6PS. The lowest BCUT2D eigenvalue weighted by Crippen LogP contribution is -2.22. The third-order valence-corrected chi connectivity index (χ3v) is 7.28. The minimum atomic E-state index is -4.44. The van der Waals surface area contributed by atoms with Crippen molar-refractivity contribution in [3.8, 4) is 0 Å². The number of hydrogen-bond donors (Lipinski definition) is 2. The predicted molar refractivity (Wildman–Crippen MR) is 132 cm³/mol. The van der Waals surface area contributed by atoms with Gasteiger partial charge in [0.2, 0.25) is 0 Å². The van der Waals surface area contributed by atoms with E-state index in [1.165, 1.54) is 97.0 Å². The molecule has 0 saturated heterocycles. The Morgan fingerprint density at radius 1 is 0.710 bits per heavy atom. The van der Waals surface area contributed by atoms with Gasteiger partial charge < -0.3 is 19.3 Å². The van der Waals surface area contributed by atoms with Crippen molar-refractivity contribution in [2.24, 2.45) is 0 Å². The number of rotatable bonds is 24. The van der Waals surface area contributed by atoms with Crippen molar-refractivity contribution >= 4 is 19.6 Å². The van der Waals surface area contributed by atoms with Gasteiger partial charge in [0.15, 0.2) is 0 Å². The normalized spacial score (nSPS) is 14.1. The third-order valence-electron chi connectivity index (χ3n) is 5.58. The van der Waals surface area contributed by atoms with Gasteiger partial charge in [-0.1, -0.05) is 96.8 Å². The molecule has 0 aliphatic carbocycles. The molecule has 0 saturated carbocycles. The first-order valence-electron chi connectivity index (χ1n) is 12.3. The summed E-state index contributed by atoms with van der Waals surface area (Å²) in [6, 6.07) is 0. The van der Waals surface area contributed by atoms with Gasteiger partial charge >= 0.3 is 7.82 Å². The van der Waals surface area contributed by atoms with Crippen LogP contribution in [-0.2, 0) is 18.6 Å². The maximum Gasteiger partial charge on any atom is 0.469 e. The monoisotopic (exact) mass is 484 g/mol. The molecule has 2 N–H and O–H groups in total. The van der Waals surface area contributed by atoms with Crippen LogP contribution in [0.25, 0.3) is 0 Å². The number of phosphoric acid groups is 1. The second-order valence-corrected chi connectivity index (χ2v) is 10.7. The lowest BCUT2D eigenvalue weighted by atomic mass is 10.0. The fourth-order valence-corrected chi connectivity index (χ4v) is 5.09. The molecule has 8 heteroatoms. The van der Waals surface area contributed by atoms with Gasteiger partial charge in [-0.2, -0.15) is 11.8 Å². The van der Waals surface area contributed by atoms with Crippen LogP contribution in [0.5, 0.6) is 0 Å². The highest BCUT2D eigenvalue weighted by atomic mass is 32.2. The van der Waals surface area contributed by atoms with Crippen LogP contribution in [0.1, 0.15) is 103 Å². The Bertz CT molecular complexity index is 421. The Balaban J connectivity index is 3.53. The molecule has 0 aliphatic heterocycles. The highest BCUT2D eigenvalue weighted by molar-refractivity contribution is 7.99. The van der Waals surface area contributed by atoms with Crippen LogP contribution in [0.3, 0.4) is 0 Å². The van der Waals surface area contributed by atoms with Crippen molar-refractivity contribution in [2.75, 3.05) is 32.3 Å². The molecule has 0 aliphatic rings. The Kier molecular flexibility index (Phi) is 22.5. The van der Waals surface area contributed by atoms with E-state index in [4.69, 9.17) is 19.3 Å². The fourth-order valence-electron chi connectivity index (χ4n) is 3.53. The molecule has 188 valence electrons. The number of phosphoric ester groups is 1. The molecule has 0 fully saturated rings. The second kappa shape index (κ2) is 22.2. The largest absolute Gasteiger partial charge is 0.469 e. The van der Waals surface area contributed by atoms with Gasteiger partial charge in [0.05, 0.1) is 18.8 Å². The van der Waals surface area contributed by atoms with Crippen LogP contribution < -0.4 is 0 Å². The van der Waals surface area contributed by atoms with Gasteiger partial charge in [-0.05, 0) is 6.42 Å². The number of methoxy groups -OCH3 is 2. The van der Waals surface area contributed by atoms with Gasteiger partial charge in [0.25, 0.3) is 0 Å². The summed E-state index contributed by atoms with van der Waals surface area (Å²) in [4.78, 5) is 17.6. The molecule has 0 heterocycles. The van der Waals surface area contributed by atoms with Gasteiger partial charge in [-0.25, -0.2) is 4.57 Å². The van der Waals surface area contributed by atoms with Crippen molar-refractivity contribution in [1.29, 1.82) is 0 Å². The van der Waals surface area contributed by atoms with Crippen LogP contribution in [0.2, 0.25) is 0 Å². The molecule has 0 aromatic heterocycles. The zero-order chi connectivity index (χ0) is 23.2. The molecule has 2 atom stereocenters. The first-order chi connectivity index (χ1) is 14.9. The van der Waals surface area contributed by atoms with E-state index >= 15 is 0 Å². The first-order valence-corrected chi connectivity index (χ1v) is 14.9. The molecule has 0 radical (unpaired) electrons. The van der Waals surface area contributed by atoms with Crippen molar-refractivity contribution in [3.63, 3.8) is 0 Å². The summed E-state index contributed by atoms with van der Waals surface area (Å²) in [5.74, 6) is 1.47. The zero-order valence-electron chi connectivity index (χ0n) is 20.3. The van der Waals surface area contributed by atoms with Gasteiger partial charge in [0.1, 0.15) is 0 Å². The van der Waals surface area contributed by atoms with Crippen LogP contribution in [0, 0.1) is 0 Å². The van der Waals surface area contributed by atoms with Crippen molar-refractivity contribution < 1.29 is 28.3 Å². The Labute approximate surface area is 195 Å². The summed E-state index contributed by atoms with van der Waals surface area (Å²) in [5.41, 5.74) is 0. The summed E-state index contributed by atoms with van der Waals surface area (Å²) in [6.07, 6.45) is 20.0. The summed E-state index contributed by atoms with van der Waals surface area (Å²) in [5, 5.41) is 0.